The van der Waals surface area contributed by atoms with Gasteiger partial charge < -0.3 is 25.4 Å². The maximum absolute atomic E-state index is 15.3. The first-order valence-electron chi connectivity index (χ1n) is 11.2. The van der Waals surface area contributed by atoms with E-state index in [2.05, 4.69) is 25.5 Å². The molecule has 1 amide bonds. The number of ether oxygens (including phenoxy) is 2. The van der Waals surface area contributed by atoms with E-state index in [0.717, 1.165) is 24.1 Å². The lowest BCUT2D eigenvalue weighted by molar-refractivity contribution is 0.00916. The summed E-state index contributed by atoms with van der Waals surface area (Å²) in [5, 5.41) is 7.02. The number of hydrogen-bond acceptors (Lipinski definition) is 8. The first kappa shape index (κ1) is 22.1. The molecule has 1 aliphatic heterocycles. The normalized spacial score (nSPS) is 19.1. The smallest absolute Gasteiger partial charge is 0.413 e. The van der Waals surface area contributed by atoms with Crippen molar-refractivity contribution in [2.45, 2.75) is 31.9 Å². The second kappa shape index (κ2) is 8.60. The van der Waals surface area contributed by atoms with Crippen LogP contribution in [0.4, 0.5) is 26.4 Å². The Morgan fingerprint density at radius 1 is 1.26 bits per heavy atom. The topological polar surface area (TPSA) is 115 Å². The van der Waals surface area contributed by atoms with Crippen molar-refractivity contribution in [1.29, 1.82) is 0 Å². The summed E-state index contributed by atoms with van der Waals surface area (Å²) in [7, 11) is 4.02. The van der Waals surface area contributed by atoms with Crippen molar-refractivity contribution in [2.24, 2.45) is 0 Å². The van der Waals surface area contributed by atoms with Gasteiger partial charge in [0.05, 0.1) is 5.69 Å². The highest BCUT2D eigenvalue weighted by Crippen LogP contribution is 2.39. The van der Waals surface area contributed by atoms with Gasteiger partial charge in [0.25, 0.3) is 0 Å². The number of nitrogens with two attached hydrogens (primary N) is 1. The van der Waals surface area contributed by atoms with E-state index in [1.54, 1.807) is 18.3 Å². The molecule has 4 N–H and O–H groups in total. The van der Waals surface area contributed by atoms with E-state index in [4.69, 9.17) is 15.2 Å². The van der Waals surface area contributed by atoms with Gasteiger partial charge in [-0.25, -0.2) is 19.2 Å². The first-order valence-corrected chi connectivity index (χ1v) is 11.2. The number of carbonyl (C=O) groups is 1. The second-order valence-corrected chi connectivity index (χ2v) is 8.94. The molecule has 0 atom stereocenters. The number of nitrogen functional groups attached to an aromatic ring is 1. The average molecular weight is 467 g/mol. The number of pyridine rings is 2. The minimum absolute atomic E-state index is 0.0142. The van der Waals surface area contributed by atoms with Crippen LogP contribution in [0, 0.1) is 12.7 Å². The van der Waals surface area contributed by atoms with Gasteiger partial charge in [-0.1, -0.05) is 0 Å². The monoisotopic (exact) mass is 466 g/mol. The zero-order chi connectivity index (χ0) is 24.0. The summed E-state index contributed by atoms with van der Waals surface area (Å²) >= 11 is 0. The van der Waals surface area contributed by atoms with Crippen molar-refractivity contribution >= 4 is 34.1 Å². The van der Waals surface area contributed by atoms with Gasteiger partial charge in [0, 0.05) is 54.3 Å². The molecule has 178 valence electrons. The van der Waals surface area contributed by atoms with Crippen LogP contribution in [0.25, 0.3) is 21.9 Å². The van der Waals surface area contributed by atoms with Gasteiger partial charge in [-0.3, -0.25) is 5.32 Å². The van der Waals surface area contributed by atoms with E-state index in [-0.39, 0.29) is 11.8 Å². The molecule has 1 saturated carbocycles. The van der Waals surface area contributed by atoms with Crippen LogP contribution in [-0.4, -0.2) is 60.4 Å². The number of benzene rings is 1. The molecule has 5 rings (SSSR count). The number of rotatable bonds is 4. The summed E-state index contributed by atoms with van der Waals surface area (Å²) in [4.78, 5) is 23.0. The Hall–Kier alpha value is -3.66. The van der Waals surface area contributed by atoms with E-state index >= 15 is 4.39 Å². The third-order valence-electron chi connectivity index (χ3n) is 6.54. The van der Waals surface area contributed by atoms with E-state index in [0.29, 0.717) is 52.8 Å². The third kappa shape index (κ3) is 3.94. The molecule has 34 heavy (non-hydrogen) atoms. The summed E-state index contributed by atoms with van der Waals surface area (Å²) in [6, 6.07) is 3.77. The molecule has 2 aliphatic rings. The van der Waals surface area contributed by atoms with Crippen LogP contribution < -0.4 is 21.1 Å². The number of carbonyl (C=O) groups excluding carboxylic acids is 1. The van der Waals surface area contributed by atoms with Crippen LogP contribution in [0.15, 0.2) is 24.5 Å². The standard InChI is InChI=1S/C24H27FN6O3/c1-12-17(10-29-23-22(12)27-4-5-33-23)16-6-13-7-19(28-11-18(13)21(26)20(16)25)30-24(32)34-15-8-14(9-15)31(2)3/h6-7,10-11,14-15,27H,4-5,8-9,26H2,1-3H3,(H,28,30,32). The van der Waals surface area contributed by atoms with Gasteiger partial charge in [0.1, 0.15) is 24.2 Å². The summed E-state index contributed by atoms with van der Waals surface area (Å²) in [6.07, 6.45) is 3.97. The number of nitrogens with zero attached hydrogens (tertiary/aromatic N) is 3. The molecule has 0 unspecified atom stereocenters. The zero-order valence-electron chi connectivity index (χ0n) is 19.3. The summed E-state index contributed by atoms with van der Waals surface area (Å²) in [6.45, 7) is 3.06. The second-order valence-electron chi connectivity index (χ2n) is 8.94. The first-order chi connectivity index (χ1) is 16.3. The summed E-state index contributed by atoms with van der Waals surface area (Å²) in [5.41, 5.74) is 8.60. The van der Waals surface area contributed by atoms with Crippen LogP contribution in [0.5, 0.6) is 5.88 Å². The highest BCUT2D eigenvalue weighted by Gasteiger charge is 2.33. The largest absolute Gasteiger partial charge is 0.474 e. The highest BCUT2D eigenvalue weighted by atomic mass is 19.1. The average Bonchev–Trinajstić information content (AvgIpc) is 2.79. The number of halogens is 1. The molecule has 0 bridgehead atoms. The maximum atomic E-state index is 15.3. The SMILES string of the molecule is Cc1c(-c2cc3cc(NC(=O)OC4CC(N(C)C)C4)ncc3c(N)c2F)cnc2c1NCCO2. The molecule has 1 fully saturated rings. The Kier molecular flexibility index (Phi) is 5.60. The molecule has 2 aromatic heterocycles. The van der Waals surface area contributed by atoms with Crippen molar-refractivity contribution in [3.63, 3.8) is 0 Å². The molecule has 1 aromatic carbocycles. The third-order valence-corrected chi connectivity index (χ3v) is 6.54. The molecule has 0 saturated heterocycles. The lowest BCUT2D eigenvalue weighted by Crippen LogP contribution is -2.45. The van der Waals surface area contributed by atoms with Gasteiger partial charge >= 0.3 is 6.09 Å². The fraction of sp³-hybridized carbons (Fsp3) is 0.375. The number of nitrogens with one attached hydrogen (secondary N) is 2. The minimum Gasteiger partial charge on any atom is -0.474 e. The number of hydrogen-bond donors (Lipinski definition) is 3. The van der Waals surface area contributed by atoms with Crippen LogP contribution >= 0.6 is 0 Å². The fourth-order valence-electron chi connectivity index (χ4n) is 4.40. The summed E-state index contributed by atoms with van der Waals surface area (Å²) in [5.74, 6) is 0.254. The molecular weight excluding hydrogens is 439 g/mol. The Balaban J connectivity index is 1.42. The highest BCUT2D eigenvalue weighted by molar-refractivity contribution is 5.99. The molecule has 3 aromatic rings. The van der Waals surface area contributed by atoms with Crippen LogP contribution in [0.2, 0.25) is 0 Å². The van der Waals surface area contributed by atoms with Crippen molar-refractivity contribution < 1.29 is 18.7 Å². The number of aromatic nitrogens is 2. The molecule has 1 aliphatic carbocycles. The fourth-order valence-corrected chi connectivity index (χ4v) is 4.40. The summed E-state index contributed by atoms with van der Waals surface area (Å²) < 4.78 is 26.3. The Morgan fingerprint density at radius 2 is 2.06 bits per heavy atom. The maximum Gasteiger partial charge on any atom is 0.413 e. The van der Waals surface area contributed by atoms with Gasteiger partial charge in [-0.2, -0.15) is 0 Å². The molecule has 10 heteroatoms. The van der Waals surface area contributed by atoms with E-state index in [1.807, 2.05) is 21.0 Å². The van der Waals surface area contributed by atoms with Crippen LogP contribution in [0.1, 0.15) is 18.4 Å². The lowest BCUT2D eigenvalue weighted by Gasteiger charge is -2.38. The van der Waals surface area contributed by atoms with E-state index in [9.17, 15) is 4.79 Å². The lowest BCUT2D eigenvalue weighted by atomic mass is 9.88. The molecule has 0 spiro atoms. The van der Waals surface area contributed by atoms with Crippen molar-refractivity contribution in [3.05, 3.63) is 35.9 Å². The van der Waals surface area contributed by atoms with Gasteiger partial charge in [0.15, 0.2) is 5.82 Å². The molecule has 9 nitrogen and oxygen atoms in total. The Morgan fingerprint density at radius 3 is 2.82 bits per heavy atom. The van der Waals surface area contributed by atoms with Gasteiger partial charge in [0.2, 0.25) is 5.88 Å². The number of anilines is 3. The molecular formula is C24H27FN6O3. The quantitative estimate of drug-likeness (QED) is 0.498. The predicted octanol–water partition coefficient (Wildman–Crippen LogP) is 3.77. The van der Waals surface area contributed by atoms with Gasteiger partial charge in [-0.15, -0.1) is 0 Å². The van der Waals surface area contributed by atoms with Crippen LogP contribution in [0.3, 0.4) is 0 Å². The predicted molar refractivity (Wildman–Crippen MR) is 129 cm³/mol. The van der Waals surface area contributed by atoms with Crippen LogP contribution in [-0.2, 0) is 4.74 Å². The van der Waals surface area contributed by atoms with Crippen molar-refractivity contribution in [1.82, 2.24) is 14.9 Å². The number of fused-ring (bicyclic) bond motifs is 2. The van der Waals surface area contributed by atoms with E-state index in [1.165, 1.54) is 6.20 Å². The van der Waals surface area contributed by atoms with E-state index < -0.39 is 11.9 Å². The zero-order valence-corrected chi connectivity index (χ0v) is 19.3. The number of amides is 1. The molecule has 0 radical (unpaired) electrons. The van der Waals surface area contributed by atoms with Gasteiger partial charge in [-0.05, 0) is 44.1 Å². The molecule has 3 heterocycles. The van der Waals surface area contributed by atoms with Crippen molar-refractivity contribution in [2.75, 3.05) is 43.6 Å². The Bertz CT molecular complexity index is 1280. The van der Waals surface area contributed by atoms with Crippen molar-refractivity contribution in [3.8, 4) is 17.0 Å². The Labute approximate surface area is 196 Å². The minimum atomic E-state index is -0.565.